The monoisotopic (exact) mass is 464 g/mol. The summed E-state index contributed by atoms with van der Waals surface area (Å²) in [6.45, 7) is 2.52. The minimum absolute atomic E-state index is 0.120. The smallest absolute Gasteiger partial charge is 0.254 e. The molecule has 0 saturated carbocycles. The summed E-state index contributed by atoms with van der Waals surface area (Å²) in [5.74, 6) is -0.120. The van der Waals surface area contributed by atoms with E-state index in [9.17, 15) is 13.2 Å². The van der Waals surface area contributed by atoms with Crippen molar-refractivity contribution in [3.05, 3.63) is 102 Å². The van der Waals surface area contributed by atoms with Crippen LogP contribution in [0.25, 0.3) is 0 Å². The normalized spacial score (nSPS) is 14.7. The van der Waals surface area contributed by atoms with Gasteiger partial charge in [-0.3, -0.25) is 4.79 Å². The Kier molecular flexibility index (Phi) is 7.54. The zero-order valence-electron chi connectivity index (χ0n) is 18.5. The molecule has 7 heteroatoms. The lowest BCUT2D eigenvalue weighted by Crippen LogP contribution is -2.40. The Labute approximate surface area is 195 Å². The number of ether oxygens (including phenoxy) is 1. The maximum absolute atomic E-state index is 13.4. The summed E-state index contributed by atoms with van der Waals surface area (Å²) in [5.41, 5.74) is 2.68. The van der Waals surface area contributed by atoms with Crippen molar-refractivity contribution in [3.8, 4) is 0 Å². The van der Waals surface area contributed by atoms with Crippen LogP contribution in [0.3, 0.4) is 0 Å². The summed E-state index contributed by atoms with van der Waals surface area (Å²) in [6.07, 6.45) is 0.739. The van der Waals surface area contributed by atoms with E-state index in [1.165, 1.54) is 16.4 Å². The van der Waals surface area contributed by atoms with Crippen molar-refractivity contribution in [2.45, 2.75) is 17.9 Å². The van der Waals surface area contributed by atoms with E-state index in [-0.39, 0.29) is 10.8 Å². The first kappa shape index (κ1) is 23.2. The average molecular weight is 465 g/mol. The average Bonchev–Trinajstić information content (AvgIpc) is 2.88. The van der Waals surface area contributed by atoms with Crippen LogP contribution in [-0.4, -0.2) is 56.4 Å². The molecule has 0 atom stereocenters. The van der Waals surface area contributed by atoms with Gasteiger partial charge in [-0.25, -0.2) is 8.42 Å². The number of hydrogen-bond acceptors (Lipinski definition) is 4. The van der Waals surface area contributed by atoms with Crippen LogP contribution in [-0.2, 0) is 27.7 Å². The quantitative estimate of drug-likeness (QED) is 0.511. The molecular weight excluding hydrogens is 436 g/mol. The third-order valence-electron chi connectivity index (χ3n) is 5.73. The molecule has 0 N–H and O–H groups in total. The highest BCUT2D eigenvalue weighted by Crippen LogP contribution is 2.19. The molecule has 1 amide bonds. The second-order valence-electron chi connectivity index (χ2n) is 7.99. The second-order valence-corrected chi connectivity index (χ2v) is 9.93. The van der Waals surface area contributed by atoms with Gasteiger partial charge < -0.3 is 9.64 Å². The van der Waals surface area contributed by atoms with Gasteiger partial charge in [-0.05, 0) is 41.8 Å². The van der Waals surface area contributed by atoms with E-state index < -0.39 is 10.0 Å². The predicted octanol–water partition coefficient (Wildman–Crippen LogP) is 3.59. The van der Waals surface area contributed by atoms with Crippen LogP contribution in [0, 0.1) is 0 Å². The van der Waals surface area contributed by atoms with Gasteiger partial charge in [0.1, 0.15) is 0 Å². The van der Waals surface area contributed by atoms with Crippen molar-refractivity contribution < 1.29 is 17.9 Å². The number of carbonyl (C=O) groups excluding carboxylic acids is 1. The van der Waals surface area contributed by atoms with Crippen molar-refractivity contribution in [2.24, 2.45) is 0 Å². The molecule has 33 heavy (non-hydrogen) atoms. The van der Waals surface area contributed by atoms with Gasteiger partial charge in [-0.15, -0.1) is 0 Å². The molecule has 0 bridgehead atoms. The van der Waals surface area contributed by atoms with Gasteiger partial charge in [-0.1, -0.05) is 60.7 Å². The fourth-order valence-corrected chi connectivity index (χ4v) is 5.26. The molecule has 0 radical (unpaired) electrons. The molecule has 3 aromatic carbocycles. The van der Waals surface area contributed by atoms with Gasteiger partial charge in [0.25, 0.3) is 5.91 Å². The van der Waals surface area contributed by atoms with Crippen molar-refractivity contribution in [1.82, 2.24) is 9.21 Å². The summed E-state index contributed by atoms with van der Waals surface area (Å²) in [5, 5.41) is 0. The molecule has 172 valence electrons. The number of carbonyl (C=O) groups is 1. The zero-order chi connectivity index (χ0) is 23.1. The minimum atomic E-state index is -3.59. The number of benzene rings is 3. The van der Waals surface area contributed by atoms with Crippen LogP contribution in [0.5, 0.6) is 0 Å². The van der Waals surface area contributed by atoms with Crippen molar-refractivity contribution in [1.29, 1.82) is 0 Å². The maximum Gasteiger partial charge on any atom is 0.254 e. The van der Waals surface area contributed by atoms with E-state index in [2.05, 4.69) is 12.1 Å². The van der Waals surface area contributed by atoms with Crippen LogP contribution < -0.4 is 0 Å². The van der Waals surface area contributed by atoms with Crippen LogP contribution in [0.15, 0.2) is 89.8 Å². The highest BCUT2D eigenvalue weighted by atomic mass is 32.2. The van der Waals surface area contributed by atoms with Crippen LogP contribution in [0.2, 0.25) is 0 Å². The number of sulfonamides is 1. The van der Waals surface area contributed by atoms with Crippen LogP contribution in [0.1, 0.15) is 21.5 Å². The molecule has 1 heterocycles. The van der Waals surface area contributed by atoms with Gasteiger partial charge in [-0.2, -0.15) is 4.31 Å². The Morgan fingerprint density at radius 3 is 2.00 bits per heavy atom. The van der Waals surface area contributed by atoms with Gasteiger partial charge >= 0.3 is 0 Å². The lowest BCUT2D eigenvalue weighted by atomic mass is 10.1. The van der Waals surface area contributed by atoms with Crippen molar-refractivity contribution in [3.63, 3.8) is 0 Å². The molecule has 0 unspecified atom stereocenters. The van der Waals surface area contributed by atoms with E-state index in [1.54, 1.807) is 12.1 Å². The largest absolute Gasteiger partial charge is 0.379 e. The van der Waals surface area contributed by atoms with E-state index in [1.807, 2.05) is 53.4 Å². The summed E-state index contributed by atoms with van der Waals surface area (Å²) in [4.78, 5) is 15.4. The molecule has 1 aliphatic rings. The number of rotatable bonds is 8. The fourth-order valence-electron chi connectivity index (χ4n) is 3.85. The molecule has 6 nitrogen and oxygen atoms in total. The first-order chi connectivity index (χ1) is 16.0. The Morgan fingerprint density at radius 1 is 0.818 bits per heavy atom. The zero-order valence-corrected chi connectivity index (χ0v) is 19.3. The van der Waals surface area contributed by atoms with E-state index >= 15 is 0 Å². The van der Waals surface area contributed by atoms with E-state index in [0.717, 1.165) is 17.5 Å². The molecular formula is C26H28N2O4S. The highest BCUT2D eigenvalue weighted by Gasteiger charge is 2.26. The van der Waals surface area contributed by atoms with E-state index in [4.69, 9.17) is 4.74 Å². The summed E-state index contributed by atoms with van der Waals surface area (Å²) in [6, 6.07) is 26.2. The summed E-state index contributed by atoms with van der Waals surface area (Å²) in [7, 11) is -3.59. The maximum atomic E-state index is 13.4. The Bertz CT molecular complexity index is 1140. The minimum Gasteiger partial charge on any atom is -0.379 e. The number of amides is 1. The highest BCUT2D eigenvalue weighted by molar-refractivity contribution is 7.89. The Morgan fingerprint density at radius 2 is 1.39 bits per heavy atom. The first-order valence-corrected chi connectivity index (χ1v) is 12.5. The molecule has 1 saturated heterocycles. The molecule has 0 aromatic heterocycles. The topological polar surface area (TPSA) is 66.9 Å². The summed E-state index contributed by atoms with van der Waals surface area (Å²) >= 11 is 0. The lowest BCUT2D eigenvalue weighted by Gasteiger charge is -2.26. The lowest BCUT2D eigenvalue weighted by molar-refractivity contribution is 0.0730. The van der Waals surface area contributed by atoms with Gasteiger partial charge in [0.2, 0.25) is 10.0 Å². The number of morpholine rings is 1. The third kappa shape index (κ3) is 5.87. The van der Waals surface area contributed by atoms with Gasteiger partial charge in [0, 0.05) is 31.7 Å². The molecule has 0 spiro atoms. The molecule has 3 aromatic rings. The van der Waals surface area contributed by atoms with Crippen LogP contribution >= 0.6 is 0 Å². The van der Waals surface area contributed by atoms with E-state index in [0.29, 0.717) is 45.0 Å². The first-order valence-electron chi connectivity index (χ1n) is 11.1. The van der Waals surface area contributed by atoms with Crippen molar-refractivity contribution in [2.75, 3.05) is 32.8 Å². The molecule has 1 fully saturated rings. The Hall–Kier alpha value is -3.00. The molecule has 4 rings (SSSR count). The summed E-state index contributed by atoms with van der Waals surface area (Å²) < 4.78 is 32.4. The number of nitrogens with zero attached hydrogens (tertiary/aromatic N) is 2. The Balaban J connectivity index is 1.52. The van der Waals surface area contributed by atoms with Gasteiger partial charge in [0.15, 0.2) is 0 Å². The fraction of sp³-hybridized carbons (Fsp3) is 0.269. The standard InChI is InChI=1S/C26H28N2O4S/c29-26(24-11-13-25(14-12-24)33(30,31)28-17-19-32-20-18-28)27(21-23-9-5-2-6-10-23)16-15-22-7-3-1-4-8-22/h1-14H,15-21H2. The molecule has 0 aliphatic carbocycles. The SMILES string of the molecule is O=C(c1ccc(S(=O)(=O)N2CCOCC2)cc1)N(CCc1ccccc1)Cc1ccccc1. The van der Waals surface area contributed by atoms with Crippen LogP contribution in [0.4, 0.5) is 0 Å². The third-order valence-corrected chi connectivity index (χ3v) is 7.64. The molecule has 1 aliphatic heterocycles. The van der Waals surface area contributed by atoms with Gasteiger partial charge in [0.05, 0.1) is 18.1 Å². The second kappa shape index (κ2) is 10.7. The van der Waals surface area contributed by atoms with Crippen molar-refractivity contribution >= 4 is 15.9 Å². The number of hydrogen-bond donors (Lipinski definition) is 0. The predicted molar refractivity (Wildman–Crippen MR) is 127 cm³/mol.